The molecule has 2 rings (SSSR count). The molecule has 0 saturated carbocycles. The molecule has 94 valence electrons. The first-order valence-electron chi connectivity index (χ1n) is 5.44. The minimum atomic E-state index is -0.919. The van der Waals surface area contributed by atoms with Crippen LogP contribution in [0.2, 0.25) is 0 Å². The van der Waals surface area contributed by atoms with Crippen LogP contribution in [0.1, 0.15) is 15.9 Å². The minimum absolute atomic E-state index is 0.280. The zero-order valence-corrected chi connectivity index (χ0v) is 11.9. The number of carboxylic acids is 1. The van der Waals surface area contributed by atoms with Crippen molar-refractivity contribution in [2.45, 2.75) is 6.42 Å². The predicted octanol–water partition coefficient (Wildman–Crippen LogP) is 3.86. The molecule has 0 spiro atoms. The van der Waals surface area contributed by atoms with Crippen molar-refractivity contribution in [2.75, 3.05) is 11.9 Å². The molecule has 2 aromatic rings. The van der Waals surface area contributed by atoms with Crippen LogP contribution in [0.4, 0.5) is 5.69 Å². The number of carboxylic acid groups (broad SMARTS) is 1. The van der Waals surface area contributed by atoms with Crippen molar-refractivity contribution in [2.24, 2.45) is 0 Å². The van der Waals surface area contributed by atoms with E-state index >= 15 is 0 Å². The lowest BCUT2D eigenvalue weighted by molar-refractivity contribution is 0.0697. The summed E-state index contributed by atoms with van der Waals surface area (Å²) in [4.78, 5) is 10.9. The van der Waals surface area contributed by atoms with Crippen molar-refractivity contribution in [1.29, 1.82) is 0 Å². The van der Waals surface area contributed by atoms with Crippen LogP contribution in [0.5, 0.6) is 0 Å². The molecule has 5 heteroatoms. The number of hydrogen-bond donors (Lipinski definition) is 2. The van der Waals surface area contributed by atoms with Crippen molar-refractivity contribution in [3.05, 3.63) is 50.6 Å². The molecular formula is C13H12BrNO2S. The SMILES string of the molecule is O=C(O)c1cc(Br)cc(NCCc2ccsc2)c1. The van der Waals surface area contributed by atoms with Crippen molar-refractivity contribution >= 4 is 38.9 Å². The van der Waals surface area contributed by atoms with E-state index in [1.54, 1.807) is 23.5 Å². The monoisotopic (exact) mass is 325 g/mol. The summed E-state index contributed by atoms with van der Waals surface area (Å²) in [6, 6.07) is 7.20. The number of nitrogens with one attached hydrogen (secondary N) is 1. The Morgan fingerprint density at radius 1 is 1.39 bits per heavy atom. The van der Waals surface area contributed by atoms with Crippen LogP contribution in [-0.2, 0) is 6.42 Å². The van der Waals surface area contributed by atoms with E-state index in [1.807, 2.05) is 6.07 Å². The van der Waals surface area contributed by atoms with Gasteiger partial charge in [0.1, 0.15) is 0 Å². The molecule has 0 aliphatic rings. The topological polar surface area (TPSA) is 49.3 Å². The second-order valence-corrected chi connectivity index (χ2v) is 5.54. The Bertz CT molecular complexity index is 540. The Labute approximate surface area is 118 Å². The number of thiophene rings is 1. The van der Waals surface area contributed by atoms with Crippen LogP contribution >= 0.6 is 27.3 Å². The van der Waals surface area contributed by atoms with Gasteiger partial charge in [-0.3, -0.25) is 0 Å². The number of carbonyl (C=O) groups is 1. The molecule has 0 atom stereocenters. The number of hydrogen-bond acceptors (Lipinski definition) is 3. The molecule has 0 aliphatic heterocycles. The van der Waals surface area contributed by atoms with Gasteiger partial charge in [-0.15, -0.1) is 0 Å². The Morgan fingerprint density at radius 3 is 2.89 bits per heavy atom. The average molecular weight is 326 g/mol. The highest BCUT2D eigenvalue weighted by Crippen LogP contribution is 2.20. The molecule has 0 fully saturated rings. The summed E-state index contributed by atoms with van der Waals surface area (Å²) in [7, 11) is 0. The molecule has 18 heavy (non-hydrogen) atoms. The van der Waals surface area contributed by atoms with Gasteiger partial charge in [-0.2, -0.15) is 11.3 Å². The fourth-order valence-corrected chi connectivity index (χ4v) is 2.80. The molecule has 0 radical (unpaired) electrons. The maximum atomic E-state index is 10.9. The highest BCUT2D eigenvalue weighted by atomic mass is 79.9. The number of anilines is 1. The molecule has 0 amide bonds. The number of aromatic carboxylic acids is 1. The van der Waals surface area contributed by atoms with Gasteiger partial charge in [0.05, 0.1) is 5.56 Å². The van der Waals surface area contributed by atoms with Crippen LogP contribution in [0.15, 0.2) is 39.5 Å². The summed E-state index contributed by atoms with van der Waals surface area (Å²) in [5.41, 5.74) is 2.39. The third-order valence-electron chi connectivity index (χ3n) is 2.47. The third kappa shape index (κ3) is 3.58. The van der Waals surface area contributed by atoms with E-state index in [2.05, 4.69) is 38.1 Å². The van der Waals surface area contributed by atoms with E-state index in [9.17, 15) is 4.79 Å². The molecular weight excluding hydrogens is 314 g/mol. The van der Waals surface area contributed by atoms with Gasteiger partial charge < -0.3 is 10.4 Å². The summed E-state index contributed by atoms with van der Waals surface area (Å²) in [6.07, 6.45) is 0.929. The van der Waals surface area contributed by atoms with E-state index in [1.165, 1.54) is 5.56 Å². The van der Waals surface area contributed by atoms with Crippen LogP contribution in [0.3, 0.4) is 0 Å². The number of rotatable bonds is 5. The van der Waals surface area contributed by atoms with Gasteiger partial charge in [-0.05, 0) is 47.0 Å². The molecule has 1 aromatic heterocycles. The maximum Gasteiger partial charge on any atom is 0.335 e. The number of halogens is 1. The second kappa shape index (κ2) is 6.02. The average Bonchev–Trinajstić information content (AvgIpc) is 2.81. The zero-order valence-electron chi connectivity index (χ0n) is 9.52. The van der Waals surface area contributed by atoms with Gasteiger partial charge in [0.2, 0.25) is 0 Å². The Kier molecular flexibility index (Phi) is 4.38. The van der Waals surface area contributed by atoms with E-state index in [-0.39, 0.29) is 5.56 Å². The summed E-state index contributed by atoms with van der Waals surface area (Å²) >= 11 is 4.99. The molecule has 1 heterocycles. The summed E-state index contributed by atoms with van der Waals surface area (Å²) < 4.78 is 0.764. The highest BCUT2D eigenvalue weighted by Gasteiger charge is 2.05. The first-order chi connectivity index (χ1) is 8.65. The molecule has 0 bridgehead atoms. The lowest BCUT2D eigenvalue weighted by atomic mass is 10.2. The van der Waals surface area contributed by atoms with Gasteiger partial charge in [0.25, 0.3) is 0 Å². The second-order valence-electron chi connectivity index (χ2n) is 3.84. The minimum Gasteiger partial charge on any atom is -0.478 e. The Balaban J connectivity index is 1.98. The van der Waals surface area contributed by atoms with Crippen molar-refractivity contribution in [3.8, 4) is 0 Å². The summed E-state index contributed by atoms with van der Waals surface area (Å²) in [6.45, 7) is 0.784. The van der Waals surface area contributed by atoms with Gasteiger partial charge in [0.15, 0.2) is 0 Å². The van der Waals surface area contributed by atoms with Crippen LogP contribution in [0.25, 0.3) is 0 Å². The van der Waals surface area contributed by atoms with Crippen LogP contribution in [0, 0.1) is 0 Å². The zero-order chi connectivity index (χ0) is 13.0. The summed E-state index contributed by atoms with van der Waals surface area (Å²) in [5, 5.41) is 16.4. The maximum absolute atomic E-state index is 10.9. The molecule has 3 nitrogen and oxygen atoms in total. The fourth-order valence-electron chi connectivity index (χ4n) is 1.60. The van der Waals surface area contributed by atoms with E-state index in [0.717, 1.165) is 23.1 Å². The molecule has 0 unspecified atom stereocenters. The first kappa shape index (κ1) is 13.1. The van der Waals surface area contributed by atoms with E-state index < -0.39 is 5.97 Å². The summed E-state index contributed by atoms with van der Waals surface area (Å²) in [5.74, 6) is -0.919. The quantitative estimate of drug-likeness (QED) is 0.877. The highest BCUT2D eigenvalue weighted by molar-refractivity contribution is 9.10. The number of benzene rings is 1. The molecule has 0 saturated heterocycles. The third-order valence-corrected chi connectivity index (χ3v) is 3.66. The van der Waals surface area contributed by atoms with Crippen molar-refractivity contribution in [1.82, 2.24) is 0 Å². The smallest absolute Gasteiger partial charge is 0.335 e. The van der Waals surface area contributed by atoms with Gasteiger partial charge in [0, 0.05) is 16.7 Å². The van der Waals surface area contributed by atoms with Crippen LogP contribution in [-0.4, -0.2) is 17.6 Å². The lowest BCUT2D eigenvalue weighted by Crippen LogP contribution is -2.05. The Hall–Kier alpha value is -1.33. The Morgan fingerprint density at radius 2 is 2.22 bits per heavy atom. The van der Waals surface area contributed by atoms with Crippen LogP contribution < -0.4 is 5.32 Å². The molecule has 0 aliphatic carbocycles. The standard InChI is InChI=1S/C13H12BrNO2S/c14-11-5-10(13(16)17)6-12(7-11)15-3-1-9-2-4-18-8-9/h2,4-8,15H,1,3H2,(H,16,17). The van der Waals surface area contributed by atoms with Gasteiger partial charge in [-0.25, -0.2) is 4.79 Å². The molecule has 1 aromatic carbocycles. The predicted molar refractivity (Wildman–Crippen MR) is 77.6 cm³/mol. The van der Waals surface area contributed by atoms with Crippen molar-refractivity contribution < 1.29 is 9.90 Å². The molecule has 2 N–H and O–H groups in total. The largest absolute Gasteiger partial charge is 0.478 e. The lowest BCUT2D eigenvalue weighted by Gasteiger charge is -2.07. The normalized spacial score (nSPS) is 10.3. The van der Waals surface area contributed by atoms with Gasteiger partial charge in [-0.1, -0.05) is 15.9 Å². The van der Waals surface area contributed by atoms with Crippen molar-refractivity contribution in [3.63, 3.8) is 0 Å². The van der Waals surface area contributed by atoms with E-state index in [4.69, 9.17) is 5.11 Å². The van der Waals surface area contributed by atoms with Gasteiger partial charge >= 0.3 is 5.97 Å². The first-order valence-corrected chi connectivity index (χ1v) is 7.17. The van der Waals surface area contributed by atoms with E-state index in [0.29, 0.717) is 0 Å². The fraction of sp³-hybridized carbons (Fsp3) is 0.154.